The molecule has 3 heterocycles. The first-order valence-corrected chi connectivity index (χ1v) is 7.88. The molecule has 0 aliphatic carbocycles. The van der Waals surface area contributed by atoms with Crippen LogP contribution < -0.4 is 5.32 Å². The lowest BCUT2D eigenvalue weighted by Crippen LogP contribution is -2.29. The monoisotopic (exact) mass is 280 g/mol. The lowest BCUT2D eigenvalue weighted by atomic mass is 10.1. The Morgan fingerprint density at radius 2 is 2.39 bits per heavy atom. The Morgan fingerprint density at radius 3 is 3.28 bits per heavy atom. The summed E-state index contributed by atoms with van der Waals surface area (Å²) in [5, 5.41) is 15.8. The van der Waals surface area contributed by atoms with Crippen molar-refractivity contribution in [1.82, 2.24) is 15.1 Å². The van der Waals surface area contributed by atoms with Crippen molar-refractivity contribution < 1.29 is 0 Å². The van der Waals surface area contributed by atoms with Gasteiger partial charge >= 0.3 is 0 Å². The highest BCUT2D eigenvalue weighted by molar-refractivity contribution is 7.15. The van der Waals surface area contributed by atoms with Gasteiger partial charge in [0.25, 0.3) is 0 Å². The van der Waals surface area contributed by atoms with Crippen molar-refractivity contribution in [3.8, 4) is 0 Å². The fraction of sp³-hybridized carbons (Fsp3) is 0.500. The lowest BCUT2D eigenvalue weighted by Gasteiger charge is -2.25. The van der Waals surface area contributed by atoms with Crippen LogP contribution >= 0.6 is 22.7 Å². The van der Waals surface area contributed by atoms with Crippen LogP contribution in [0, 0.1) is 0 Å². The van der Waals surface area contributed by atoms with Crippen LogP contribution in [0.15, 0.2) is 11.4 Å². The predicted octanol–water partition coefficient (Wildman–Crippen LogP) is 2.59. The van der Waals surface area contributed by atoms with E-state index in [0.717, 1.165) is 36.3 Å². The molecule has 4 nitrogen and oxygen atoms in total. The fourth-order valence-corrected chi connectivity index (χ4v) is 3.91. The van der Waals surface area contributed by atoms with Crippen LogP contribution in [0.25, 0.3) is 0 Å². The topological polar surface area (TPSA) is 41.1 Å². The van der Waals surface area contributed by atoms with Gasteiger partial charge in [0.1, 0.15) is 5.01 Å². The number of nitrogens with one attached hydrogen (secondary N) is 1. The molecule has 2 aromatic rings. The molecule has 1 N–H and O–H groups in total. The standard InChI is InChI=1S/C12H16N4S2/c1-2-13-12-15-14-11(18-12)8-16-5-3-10-9(7-16)4-6-17-10/h4,6H,2-3,5,7-8H2,1H3,(H,13,15). The summed E-state index contributed by atoms with van der Waals surface area (Å²) in [7, 11) is 0. The Bertz CT molecular complexity index is 520. The summed E-state index contributed by atoms with van der Waals surface area (Å²) in [4.78, 5) is 4.00. The molecule has 0 spiro atoms. The van der Waals surface area contributed by atoms with Crippen LogP contribution in [0.2, 0.25) is 0 Å². The van der Waals surface area contributed by atoms with Crippen LogP contribution in [0.4, 0.5) is 5.13 Å². The maximum atomic E-state index is 4.24. The molecule has 0 atom stereocenters. The Kier molecular flexibility index (Phi) is 3.58. The number of nitrogens with zero attached hydrogens (tertiary/aromatic N) is 3. The van der Waals surface area contributed by atoms with E-state index in [4.69, 9.17) is 0 Å². The molecular weight excluding hydrogens is 264 g/mol. The average Bonchev–Trinajstić information content (AvgIpc) is 2.98. The summed E-state index contributed by atoms with van der Waals surface area (Å²) in [5.41, 5.74) is 1.49. The van der Waals surface area contributed by atoms with Gasteiger partial charge in [-0.3, -0.25) is 4.90 Å². The molecule has 0 amide bonds. The van der Waals surface area contributed by atoms with Crippen molar-refractivity contribution in [3.63, 3.8) is 0 Å². The lowest BCUT2D eigenvalue weighted by molar-refractivity contribution is 0.246. The average molecular weight is 280 g/mol. The molecule has 0 bridgehead atoms. The van der Waals surface area contributed by atoms with E-state index in [-0.39, 0.29) is 0 Å². The van der Waals surface area contributed by atoms with Gasteiger partial charge in [-0.1, -0.05) is 11.3 Å². The first-order chi connectivity index (χ1) is 8.85. The van der Waals surface area contributed by atoms with E-state index in [0.29, 0.717) is 0 Å². The number of aromatic nitrogens is 2. The van der Waals surface area contributed by atoms with Crippen molar-refractivity contribution >= 4 is 27.8 Å². The Balaban J connectivity index is 1.63. The number of hydrogen-bond donors (Lipinski definition) is 1. The maximum absolute atomic E-state index is 4.24. The summed E-state index contributed by atoms with van der Waals surface area (Å²) in [6, 6.07) is 2.25. The summed E-state index contributed by atoms with van der Waals surface area (Å²) >= 11 is 3.54. The molecule has 1 aliphatic rings. The van der Waals surface area contributed by atoms with Gasteiger partial charge in [0.15, 0.2) is 0 Å². The number of anilines is 1. The zero-order valence-electron chi connectivity index (χ0n) is 10.3. The molecule has 0 saturated heterocycles. The number of thiophene rings is 1. The predicted molar refractivity (Wildman–Crippen MR) is 76.2 cm³/mol. The van der Waals surface area contributed by atoms with Crippen LogP contribution in [0.1, 0.15) is 22.4 Å². The molecule has 1 aliphatic heterocycles. The van der Waals surface area contributed by atoms with E-state index in [1.165, 1.54) is 12.0 Å². The smallest absolute Gasteiger partial charge is 0.205 e. The third-order valence-corrected chi connectivity index (χ3v) is 4.93. The van der Waals surface area contributed by atoms with Crippen LogP contribution in [0.3, 0.4) is 0 Å². The SMILES string of the molecule is CCNc1nnc(CN2CCc3sccc3C2)s1. The van der Waals surface area contributed by atoms with Gasteiger partial charge in [0.2, 0.25) is 5.13 Å². The minimum Gasteiger partial charge on any atom is -0.360 e. The van der Waals surface area contributed by atoms with E-state index in [1.807, 2.05) is 11.3 Å². The second-order valence-corrected chi connectivity index (χ2v) is 6.42. The van der Waals surface area contributed by atoms with Crippen LogP contribution in [-0.4, -0.2) is 28.2 Å². The van der Waals surface area contributed by atoms with Crippen LogP contribution in [-0.2, 0) is 19.5 Å². The molecule has 0 unspecified atom stereocenters. The largest absolute Gasteiger partial charge is 0.360 e. The maximum Gasteiger partial charge on any atom is 0.205 e. The van der Waals surface area contributed by atoms with Gasteiger partial charge in [-0.25, -0.2) is 0 Å². The molecule has 0 saturated carbocycles. The van der Waals surface area contributed by atoms with E-state index in [9.17, 15) is 0 Å². The highest BCUT2D eigenvalue weighted by Crippen LogP contribution is 2.26. The van der Waals surface area contributed by atoms with Crippen molar-refractivity contribution in [2.75, 3.05) is 18.4 Å². The second kappa shape index (κ2) is 5.34. The first kappa shape index (κ1) is 12.1. The van der Waals surface area contributed by atoms with Crippen molar-refractivity contribution in [2.45, 2.75) is 26.4 Å². The summed E-state index contributed by atoms with van der Waals surface area (Å²) in [6.45, 7) is 6.07. The van der Waals surface area contributed by atoms with Crippen molar-refractivity contribution in [2.24, 2.45) is 0 Å². The third-order valence-electron chi connectivity index (χ3n) is 3.04. The van der Waals surface area contributed by atoms with Gasteiger partial charge in [-0.05, 0) is 30.4 Å². The fourth-order valence-electron chi connectivity index (χ4n) is 2.17. The number of rotatable bonds is 4. The van der Waals surface area contributed by atoms with E-state index < -0.39 is 0 Å². The molecule has 18 heavy (non-hydrogen) atoms. The number of fused-ring (bicyclic) bond motifs is 1. The summed E-state index contributed by atoms with van der Waals surface area (Å²) in [6.07, 6.45) is 1.17. The highest BCUT2D eigenvalue weighted by Gasteiger charge is 2.18. The van der Waals surface area contributed by atoms with Gasteiger partial charge in [0.05, 0.1) is 6.54 Å². The van der Waals surface area contributed by atoms with E-state index in [2.05, 4.69) is 38.8 Å². The Labute approximate surface area is 115 Å². The molecule has 3 rings (SSSR count). The zero-order chi connectivity index (χ0) is 12.4. The molecular formula is C12H16N4S2. The first-order valence-electron chi connectivity index (χ1n) is 6.19. The van der Waals surface area contributed by atoms with Crippen molar-refractivity contribution in [1.29, 1.82) is 0 Å². The van der Waals surface area contributed by atoms with E-state index >= 15 is 0 Å². The quantitative estimate of drug-likeness (QED) is 0.934. The van der Waals surface area contributed by atoms with Gasteiger partial charge in [-0.15, -0.1) is 21.5 Å². The molecule has 0 aromatic carbocycles. The minimum atomic E-state index is 0.899. The van der Waals surface area contributed by atoms with Gasteiger partial charge in [-0.2, -0.15) is 0 Å². The summed E-state index contributed by atoms with van der Waals surface area (Å²) in [5.74, 6) is 0. The molecule has 0 fully saturated rings. The molecule has 0 radical (unpaired) electrons. The van der Waals surface area contributed by atoms with Crippen molar-refractivity contribution in [3.05, 3.63) is 26.9 Å². The second-order valence-electron chi connectivity index (χ2n) is 4.36. The summed E-state index contributed by atoms with van der Waals surface area (Å²) < 4.78 is 0. The highest BCUT2D eigenvalue weighted by atomic mass is 32.1. The van der Waals surface area contributed by atoms with E-state index in [1.54, 1.807) is 16.2 Å². The molecule has 6 heteroatoms. The third kappa shape index (κ3) is 2.55. The Hall–Kier alpha value is -0.980. The van der Waals surface area contributed by atoms with Crippen LogP contribution in [0.5, 0.6) is 0 Å². The molecule has 2 aromatic heterocycles. The number of hydrogen-bond acceptors (Lipinski definition) is 6. The Morgan fingerprint density at radius 1 is 1.44 bits per heavy atom. The van der Waals surface area contributed by atoms with Gasteiger partial charge < -0.3 is 5.32 Å². The van der Waals surface area contributed by atoms with Gasteiger partial charge in [0, 0.05) is 24.5 Å². The minimum absolute atomic E-state index is 0.899. The normalized spacial score (nSPS) is 15.6. The zero-order valence-corrected chi connectivity index (χ0v) is 12.0. The molecule has 96 valence electrons.